The van der Waals surface area contributed by atoms with Gasteiger partial charge in [-0.25, -0.2) is 0 Å². The van der Waals surface area contributed by atoms with E-state index in [1.165, 1.54) is 32.1 Å². The van der Waals surface area contributed by atoms with E-state index in [0.717, 1.165) is 0 Å². The number of rotatable bonds is 0. The fourth-order valence-corrected chi connectivity index (χ4v) is 2.39. The zero-order valence-electron chi connectivity index (χ0n) is 13.5. The van der Waals surface area contributed by atoms with Gasteiger partial charge in [0.2, 0.25) is 0 Å². The predicted octanol–water partition coefficient (Wildman–Crippen LogP) is 6.06. The summed E-state index contributed by atoms with van der Waals surface area (Å²) in [4.78, 5) is 0. The highest BCUT2D eigenvalue weighted by molar-refractivity contribution is 4.97. The number of hydrogen-bond acceptors (Lipinski definition) is 0. The Labute approximate surface area is 110 Å². The van der Waals surface area contributed by atoms with E-state index in [1.54, 1.807) is 0 Å². The molecule has 0 atom stereocenters. The molecule has 0 bridgehead atoms. The van der Waals surface area contributed by atoms with E-state index < -0.39 is 0 Å². The molecular formula is C17H34. The lowest BCUT2D eigenvalue weighted by Gasteiger charge is -2.49. The van der Waals surface area contributed by atoms with Gasteiger partial charge in [-0.1, -0.05) is 61.8 Å². The second-order valence-electron chi connectivity index (χ2n) is 8.97. The molecule has 0 N–H and O–H groups in total. The lowest BCUT2D eigenvalue weighted by atomic mass is 9.56. The zero-order chi connectivity index (χ0) is 13.5. The molecule has 0 heterocycles. The van der Waals surface area contributed by atoms with Crippen LogP contribution in [0.5, 0.6) is 0 Å². The maximum Gasteiger partial charge on any atom is -0.0277 e. The Morgan fingerprint density at radius 3 is 0.882 bits per heavy atom. The average Bonchev–Trinajstić information content (AvgIpc) is 2.78. The topological polar surface area (TPSA) is 0 Å². The van der Waals surface area contributed by atoms with E-state index in [2.05, 4.69) is 55.4 Å². The standard InChI is InChI=1S/C9H18.C8H16/c1-8(2,3)9(4)6-5-7-9;1-7(2,3)8(4)5-6-8/h5-7H2,1-4H3;5-6H2,1-4H3. The molecule has 2 aliphatic carbocycles. The summed E-state index contributed by atoms with van der Waals surface area (Å²) in [5.74, 6) is 0. The summed E-state index contributed by atoms with van der Waals surface area (Å²) in [6.07, 6.45) is 7.22. The van der Waals surface area contributed by atoms with Gasteiger partial charge in [0.05, 0.1) is 0 Å². The van der Waals surface area contributed by atoms with E-state index in [9.17, 15) is 0 Å². The third-order valence-electron chi connectivity index (χ3n) is 6.08. The van der Waals surface area contributed by atoms with E-state index in [-0.39, 0.29) is 0 Å². The van der Waals surface area contributed by atoms with Crippen LogP contribution in [0.1, 0.15) is 87.5 Å². The molecule has 0 nitrogen and oxygen atoms in total. The highest BCUT2D eigenvalue weighted by Gasteiger charge is 2.47. The van der Waals surface area contributed by atoms with E-state index in [1.807, 2.05) is 0 Å². The highest BCUT2D eigenvalue weighted by atomic mass is 14.5. The van der Waals surface area contributed by atoms with Gasteiger partial charge in [-0.15, -0.1) is 0 Å². The Bertz CT molecular complexity index is 247. The number of hydrogen-bond donors (Lipinski definition) is 0. The zero-order valence-corrected chi connectivity index (χ0v) is 13.5. The first-order valence-electron chi connectivity index (χ1n) is 7.41. The van der Waals surface area contributed by atoms with Crippen LogP contribution in [0.25, 0.3) is 0 Å². The van der Waals surface area contributed by atoms with Crippen LogP contribution in [0.15, 0.2) is 0 Å². The molecule has 0 aromatic carbocycles. The van der Waals surface area contributed by atoms with E-state index in [0.29, 0.717) is 21.7 Å². The minimum absolute atomic E-state index is 0.533. The van der Waals surface area contributed by atoms with Crippen LogP contribution in [0.2, 0.25) is 0 Å². The van der Waals surface area contributed by atoms with E-state index >= 15 is 0 Å². The fourth-order valence-electron chi connectivity index (χ4n) is 2.39. The maximum absolute atomic E-state index is 2.41. The summed E-state index contributed by atoms with van der Waals surface area (Å²) in [6, 6.07) is 0. The summed E-state index contributed by atoms with van der Waals surface area (Å²) >= 11 is 0. The first-order valence-corrected chi connectivity index (χ1v) is 7.41. The van der Waals surface area contributed by atoms with Crippen molar-refractivity contribution in [1.82, 2.24) is 0 Å². The van der Waals surface area contributed by atoms with Crippen molar-refractivity contribution in [3.63, 3.8) is 0 Å². The molecule has 0 aliphatic heterocycles. The summed E-state index contributed by atoms with van der Waals surface area (Å²) < 4.78 is 0. The van der Waals surface area contributed by atoms with Gasteiger partial charge in [0.25, 0.3) is 0 Å². The van der Waals surface area contributed by atoms with Crippen molar-refractivity contribution in [1.29, 1.82) is 0 Å². The molecule has 0 spiro atoms. The lowest BCUT2D eigenvalue weighted by molar-refractivity contribution is 0.0176. The van der Waals surface area contributed by atoms with Crippen molar-refractivity contribution in [3.8, 4) is 0 Å². The molecule has 0 radical (unpaired) electrons. The van der Waals surface area contributed by atoms with Crippen LogP contribution >= 0.6 is 0 Å². The van der Waals surface area contributed by atoms with E-state index in [4.69, 9.17) is 0 Å². The molecule has 0 heteroatoms. The molecule has 0 unspecified atom stereocenters. The average molecular weight is 238 g/mol. The third kappa shape index (κ3) is 3.26. The molecule has 102 valence electrons. The molecule has 0 aromatic heterocycles. The molecule has 2 fully saturated rings. The fraction of sp³-hybridized carbons (Fsp3) is 1.00. The molecule has 0 aromatic rings. The highest BCUT2D eigenvalue weighted by Crippen LogP contribution is 2.57. The molecule has 2 rings (SSSR count). The van der Waals surface area contributed by atoms with Crippen molar-refractivity contribution in [3.05, 3.63) is 0 Å². The normalized spacial score (nSPS) is 25.4. The first kappa shape index (κ1) is 15.1. The molecule has 0 amide bonds. The maximum atomic E-state index is 2.41. The van der Waals surface area contributed by atoms with Gasteiger partial charge in [0.1, 0.15) is 0 Å². The monoisotopic (exact) mass is 238 g/mol. The van der Waals surface area contributed by atoms with Crippen molar-refractivity contribution in [2.45, 2.75) is 87.5 Å². The summed E-state index contributed by atoms with van der Waals surface area (Å²) in [5.41, 5.74) is 2.43. The Balaban J connectivity index is 0.000000171. The minimum atomic E-state index is 0.533. The summed E-state index contributed by atoms with van der Waals surface area (Å²) in [7, 11) is 0. The van der Waals surface area contributed by atoms with Gasteiger partial charge in [0.15, 0.2) is 0 Å². The molecule has 0 saturated heterocycles. The van der Waals surface area contributed by atoms with Gasteiger partial charge in [-0.2, -0.15) is 0 Å². The SMILES string of the molecule is CC(C)(C)C1(C)CC1.CC(C)(C)C1(C)CCC1. The predicted molar refractivity (Wildman–Crippen MR) is 78.2 cm³/mol. The first-order chi connectivity index (χ1) is 7.41. The van der Waals surface area contributed by atoms with Gasteiger partial charge < -0.3 is 0 Å². The van der Waals surface area contributed by atoms with Gasteiger partial charge in [-0.05, 0) is 47.3 Å². The van der Waals surface area contributed by atoms with Crippen LogP contribution in [0, 0.1) is 21.7 Å². The smallest absolute Gasteiger partial charge is 0.0277 e. The van der Waals surface area contributed by atoms with Gasteiger partial charge in [0, 0.05) is 0 Å². The molecule has 17 heavy (non-hydrogen) atoms. The quantitative estimate of drug-likeness (QED) is 0.481. The van der Waals surface area contributed by atoms with Crippen molar-refractivity contribution >= 4 is 0 Å². The Morgan fingerprint density at radius 2 is 0.882 bits per heavy atom. The second-order valence-corrected chi connectivity index (χ2v) is 8.97. The van der Waals surface area contributed by atoms with Crippen molar-refractivity contribution in [2.75, 3.05) is 0 Å². The van der Waals surface area contributed by atoms with Crippen LogP contribution in [0.3, 0.4) is 0 Å². The lowest BCUT2D eigenvalue weighted by Crippen LogP contribution is -2.38. The molecule has 2 saturated carbocycles. The minimum Gasteiger partial charge on any atom is -0.0597 e. The van der Waals surface area contributed by atoms with Crippen molar-refractivity contribution in [2.24, 2.45) is 21.7 Å². The van der Waals surface area contributed by atoms with Crippen LogP contribution < -0.4 is 0 Å². The molecule has 2 aliphatic rings. The third-order valence-corrected chi connectivity index (χ3v) is 6.08. The van der Waals surface area contributed by atoms with Crippen molar-refractivity contribution < 1.29 is 0 Å². The molecular weight excluding hydrogens is 204 g/mol. The van der Waals surface area contributed by atoms with Gasteiger partial charge in [-0.3, -0.25) is 0 Å². The van der Waals surface area contributed by atoms with Gasteiger partial charge >= 0.3 is 0 Å². The summed E-state index contributed by atoms with van der Waals surface area (Å²) in [6.45, 7) is 18.9. The largest absolute Gasteiger partial charge is 0.0597 e. The Kier molecular flexibility index (Phi) is 3.79. The Morgan fingerprint density at radius 1 is 0.588 bits per heavy atom. The second kappa shape index (κ2) is 4.28. The van der Waals surface area contributed by atoms with Crippen LogP contribution in [0.4, 0.5) is 0 Å². The Hall–Kier alpha value is 0. The van der Waals surface area contributed by atoms with Crippen LogP contribution in [-0.4, -0.2) is 0 Å². The van der Waals surface area contributed by atoms with Crippen LogP contribution in [-0.2, 0) is 0 Å². The summed E-state index contributed by atoms with van der Waals surface area (Å²) in [5, 5.41) is 0.